The second-order valence-corrected chi connectivity index (χ2v) is 5.18. The molecule has 0 aromatic rings. The fourth-order valence-corrected chi connectivity index (χ4v) is 2.37. The van der Waals surface area contributed by atoms with Gasteiger partial charge in [-0.3, -0.25) is 9.59 Å². The summed E-state index contributed by atoms with van der Waals surface area (Å²) in [4.78, 5) is 27.0. The summed E-state index contributed by atoms with van der Waals surface area (Å²) in [6, 6.07) is 0.344. The van der Waals surface area contributed by atoms with Crippen molar-refractivity contribution in [2.45, 2.75) is 45.1 Å². The largest absolute Gasteiger partial charge is 0.372 e. The molecule has 19 heavy (non-hydrogen) atoms. The zero-order valence-electron chi connectivity index (χ0n) is 12.4. The molecule has 0 unspecified atom stereocenters. The standard InChI is InChI=1S/C14H26N2O3/c1-4-19-11-14(18)15(2)10-13(17)16(3)12-8-6-5-7-9-12/h12H,4-11H2,1-3H3. The molecule has 1 rings (SSSR count). The first-order valence-corrected chi connectivity index (χ1v) is 7.13. The van der Waals surface area contributed by atoms with Crippen molar-refractivity contribution in [1.29, 1.82) is 0 Å². The molecule has 0 radical (unpaired) electrons. The second kappa shape index (κ2) is 8.15. The number of carbonyl (C=O) groups is 2. The quantitative estimate of drug-likeness (QED) is 0.730. The lowest BCUT2D eigenvalue weighted by atomic mass is 9.94. The number of ether oxygens (including phenoxy) is 1. The molecule has 0 heterocycles. The first-order valence-electron chi connectivity index (χ1n) is 7.13. The maximum Gasteiger partial charge on any atom is 0.248 e. The molecule has 0 spiro atoms. The van der Waals surface area contributed by atoms with Crippen LogP contribution in [-0.2, 0) is 14.3 Å². The van der Waals surface area contributed by atoms with E-state index >= 15 is 0 Å². The average molecular weight is 270 g/mol. The highest BCUT2D eigenvalue weighted by molar-refractivity contribution is 5.85. The van der Waals surface area contributed by atoms with E-state index in [-0.39, 0.29) is 25.0 Å². The molecule has 0 N–H and O–H groups in total. The summed E-state index contributed by atoms with van der Waals surface area (Å²) in [5, 5.41) is 0. The van der Waals surface area contributed by atoms with Gasteiger partial charge in [0.2, 0.25) is 11.8 Å². The van der Waals surface area contributed by atoms with Crippen LogP contribution in [0.4, 0.5) is 0 Å². The molecule has 110 valence electrons. The van der Waals surface area contributed by atoms with E-state index in [0.29, 0.717) is 12.6 Å². The minimum absolute atomic E-state index is 0.0132. The van der Waals surface area contributed by atoms with Crippen LogP contribution in [0.5, 0.6) is 0 Å². The maximum atomic E-state index is 12.1. The van der Waals surface area contributed by atoms with Crippen molar-refractivity contribution in [2.24, 2.45) is 0 Å². The lowest BCUT2D eigenvalue weighted by Gasteiger charge is -2.32. The maximum absolute atomic E-state index is 12.1. The lowest BCUT2D eigenvalue weighted by molar-refractivity contribution is -0.142. The van der Waals surface area contributed by atoms with Gasteiger partial charge in [-0.05, 0) is 19.8 Å². The van der Waals surface area contributed by atoms with Gasteiger partial charge in [0.1, 0.15) is 6.61 Å². The van der Waals surface area contributed by atoms with Crippen molar-refractivity contribution < 1.29 is 14.3 Å². The molecule has 5 nitrogen and oxygen atoms in total. The molecule has 1 aliphatic rings. The van der Waals surface area contributed by atoms with Crippen molar-refractivity contribution in [1.82, 2.24) is 9.80 Å². The molecule has 0 aromatic heterocycles. The Kier molecular flexibility index (Phi) is 6.84. The van der Waals surface area contributed by atoms with E-state index in [9.17, 15) is 9.59 Å². The number of amides is 2. The van der Waals surface area contributed by atoms with Crippen LogP contribution in [0.3, 0.4) is 0 Å². The van der Waals surface area contributed by atoms with Gasteiger partial charge in [-0.15, -0.1) is 0 Å². The van der Waals surface area contributed by atoms with Gasteiger partial charge in [0, 0.05) is 26.7 Å². The van der Waals surface area contributed by atoms with Crippen molar-refractivity contribution in [3.8, 4) is 0 Å². The lowest BCUT2D eigenvalue weighted by Crippen LogP contribution is -2.45. The summed E-state index contributed by atoms with van der Waals surface area (Å²) in [5.74, 6) is -0.133. The fourth-order valence-electron chi connectivity index (χ4n) is 2.37. The Balaban J connectivity index is 2.37. The Morgan fingerprint density at radius 3 is 2.32 bits per heavy atom. The second-order valence-electron chi connectivity index (χ2n) is 5.18. The first kappa shape index (κ1) is 16.0. The zero-order valence-corrected chi connectivity index (χ0v) is 12.4. The van der Waals surface area contributed by atoms with Crippen LogP contribution in [-0.4, -0.2) is 61.5 Å². The van der Waals surface area contributed by atoms with Crippen LogP contribution < -0.4 is 0 Å². The Morgan fingerprint density at radius 1 is 1.11 bits per heavy atom. The molecular formula is C14H26N2O3. The molecule has 1 saturated carbocycles. The third-order valence-electron chi connectivity index (χ3n) is 3.74. The number of rotatable bonds is 6. The highest BCUT2D eigenvalue weighted by Gasteiger charge is 2.23. The van der Waals surface area contributed by atoms with E-state index in [0.717, 1.165) is 12.8 Å². The Bertz CT molecular complexity index is 301. The molecule has 0 aliphatic heterocycles. The van der Waals surface area contributed by atoms with Gasteiger partial charge in [0.05, 0.1) is 6.54 Å². The molecule has 0 saturated heterocycles. The molecular weight excluding hydrogens is 244 g/mol. The van der Waals surface area contributed by atoms with Gasteiger partial charge in [0.15, 0.2) is 0 Å². The van der Waals surface area contributed by atoms with Crippen molar-refractivity contribution in [3.05, 3.63) is 0 Å². The Morgan fingerprint density at radius 2 is 1.74 bits per heavy atom. The first-order chi connectivity index (χ1) is 9.06. The van der Waals surface area contributed by atoms with E-state index in [4.69, 9.17) is 4.74 Å². The van der Waals surface area contributed by atoms with E-state index in [1.807, 2.05) is 18.9 Å². The third-order valence-corrected chi connectivity index (χ3v) is 3.74. The topological polar surface area (TPSA) is 49.9 Å². The predicted molar refractivity (Wildman–Crippen MR) is 73.8 cm³/mol. The van der Waals surface area contributed by atoms with E-state index < -0.39 is 0 Å². The van der Waals surface area contributed by atoms with Crippen LogP contribution in [0.1, 0.15) is 39.0 Å². The smallest absolute Gasteiger partial charge is 0.248 e. The van der Waals surface area contributed by atoms with E-state index in [1.165, 1.54) is 24.2 Å². The van der Waals surface area contributed by atoms with Gasteiger partial charge >= 0.3 is 0 Å². The van der Waals surface area contributed by atoms with Crippen LogP contribution >= 0.6 is 0 Å². The molecule has 0 bridgehead atoms. The minimum atomic E-state index is -0.146. The predicted octanol–water partition coefficient (Wildman–Crippen LogP) is 1.27. The van der Waals surface area contributed by atoms with Crippen LogP contribution in [0.15, 0.2) is 0 Å². The number of hydrogen-bond donors (Lipinski definition) is 0. The minimum Gasteiger partial charge on any atom is -0.372 e. The molecule has 1 fully saturated rings. The van der Waals surface area contributed by atoms with Crippen molar-refractivity contribution in [2.75, 3.05) is 33.9 Å². The normalized spacial score (nSPS) is 16.2. The van der Waals surface area contributed by atoms with E-state index in [1.54, 1.807) is 7.05 Å². The summed E-state index contributed by atoms with van der Waals surface area (Å²) < 4.78 is 5.06. The monoisotopic (exact) mass is 270 g/mol. The van der Waals surface area contributed by atoms with Gasteiger partial charge in [-0.25, -0.2) is 0 Å². The fraction of sp³-hybridized carbons (Fsp3) is 0.857. The van der Waals surface area contributed by atoms with Gasteiger partial charge in [-0.2, -0.15) is 0 Å². The highest BCUT2D eigenvalue weighted by atomic mass is 16.5. The van der Waals surface area contributed by atoms with Crippen molar-refractivity contribution >= 4 is 11.8 Å². The van der Waals surface area contributed by atoms with Crippen molar-refractivity contribution in [3.63, 3.8) is 0 Å². The number of carbonyl (C=O) groups excluding carboxylic acids is 2. The van der Waals surface area contributed by atoms with Crippen LogP contribution in [0, 0.1) is 0 Å². The van der Waals surface area contributed by atoms with Gasteiger partial charge < -0.3 is 14.5 Å². The molecule has 5 heteroatoms. The number of likely N-dealkylation sites (N-methyl/N-ethyl adjacent to an activating group) is 2. The number of nitrogens with zero attached hydrogens (tertiary/aromatic N) is 2. The SMILES string of the molecule is CCOCC(=O)N(C)CC(=O)N(C)C1CCCCC1. The van der Waals surface area contributed by atoms with Crippen LogP contribution in [0.25, 0.3) is 0 Å². The summed E-state index contributed by atoms with van der Waals surface area (Å²) >= 11 is 0. The summed E-state index contributed by atoms with van der Waals surface area (Å²) in [6.45, 7) is 2.54. The summed E-state index contributed by atoms with van der Waals surface area (Å²) in [7, 11) is 3.49. The average Bonchev–Trinajstić information content (AvgIpc) is 2.44. The molecule has 0 aromatic carbocycles. The van der Waals surface area contributed by atoms with Crippen LogP contribution in [0.2, 0.25) is 0 Å². The number of hydrogen-bond acceptors (Lipinski definition) is 3. The summed E-state index contributed by atoms with van der Waals surface area (Å²) in [5.41, 5.74) is 0. The zero-order chi connectivity index (χ0) is 14.3. The molecule has 2 amide bonds. The third kappa shape index (κ3) is 5.19. The van der Waals surface area contributed by atoms with E-state index in [2.05, 4.69) is 0 Å². The van der Waals surface area contributed by atoms with Gasteiger partial charge in [0.25, 0.3) is 0 Å². The molecule has 1 aliphatic carbocycles. The Labute approximate surface area is 115 Å². The van der Waals surface area contributed by atoms with Gasteiger partial charge in [-0.1, -0.05) is 19.3 Å². The highest BCUT2D eigenvalue weighted by Crippen LogP contribution is 2.21. The summed E-state index contributed by atoms with van der Waals surface area (Å²) in [6.07, 6.45) is 5.83. The Hall–Kier alpha value is -1.10. The molecule has 0 atom stereocenters.